The van der Waals surface area contributed by atoms with E-state index in [2.05, 4.69) is 5.32 Å². The molecule has 0 aliphatic carbocycles. The SMILES string of the molecule is Cc1c(Cl)cccc1N(CCCC(=O)NCc1ccco1)S(C)(=O)=O. The molecule has 0 fully saturated rings. The van der Waals surface area contributed by atoms with Gasteiger partial charge >= 0.3 is 0 Å². The number of hydrogen-bond donors (Lipinski definition) is 1. The van der Waals surface area contributed by atoms with E-state index in [1.165, 1.54) is 4.31 Å². The molecule has 0 saturated carbocycles. The summed E-state index contributed by atoms with van der Waals surface area (Å²) in [5.74, 6) is 0.508. The number of furan rings is 1. The van der Waals surface area contributed by atoms with Crippen molar-refractivity contribution in [3.8, 4) is 0 Å². The average Bonchev–Trinajstić information content (AvgIpc) is 3.05. The molecule has 0 saturated heterocycles. The Morgan fingerprint density at radius 2 is 2.04 bits per heavy atom. The Morgan fingerprint density at radius 3 is 2.68 bits per heavy atom. The van der Waals surface area contributed by atoms with Crippen LogP contribution in [0.4, 0.5) is 5.69 Å². The summed E-state index contributed by atoms with van der Waals surface area (Å²) < 4.78 is 30.7. The zero-order chi connectivity index (χ0) is 18.4. The van der Waals surface area contributed by atoms with Crippen molar-refractivity contribution in [1.82, 2.24) is 5.32 Å². The van der Waals surface area contributed by atoms with Crippen molar-refractivity contribution in [2.24, 2.45) is 0 Å². The predicted octanol–water partition coefficient (Wildman–Crippen LogP) is 3.10. The summed E-state index contributed by atoms with van der Waals surface area (Å²) in [4.78, 5) is 11.9. The van der Waals surface area contributed by atoms with Gasteiger partial charge in [-0.1, -0.05) is 17.7 Å². The Kier molecular flexibility index (Phi) is 6.50. The lowest BCUT2D eigenvalue weighted by atomic mass is 10.2. The fraction of sp³-hybridized carbons (Fsp3) is 0.353. The quantitative estimate of drug-likeness (QED) is 0.758. The molecule has 2 aromatic rings. The molecule has 1 heterocycles. The van der Waals surface area contributed by atoms with Gasteiger partial charge in [0.05, 0.1) is 24.8 Å². The van der Waals surface area contributed by atoms with Crippen LogP contribution >= 0.6 is 11.6 Å². The number of nitrogens with zero attached hydrogens (tertiary/aromatic N) is 1. The van der Waals surface area contributed by atoms with Crippen LogP contribution in [0.2, 0.25) is 5.02 Å². The van der Waals surface area contributed by atoms with Gasteiger partial charge in [-0.25, -0.2) is 8.42 Å². The van der Waals surface area contributed by atoms with Crippen LogP contribution < -0.4 is 9.62 Å². The second kappa shape index (κ2) is 8.40. The van der Waals surface area contributed by atoms with Gasteiger partial charge in [0.25, 0.3) is 0 Å². The average molecular weight is 385 g/mol. The number of nitrogens with one attached hydrogen (secondary N) is 1. The number of halogens is 1. The molecule has 1 N–H and O–H groups in total. The van der Waals surface area contributed by atoms with Crippen molar-refractivity contribution in [3.63, 3.8) is 0 Å². The summed E-state index contributed by atoms with van der Waals surface area (Å²) in [7, 11) is -3.47. The third kappa shape index (κ3) is 5.51. The number of benzene rings is 1. The number of amides is 1. The normalized spacial score (nSPS) is 11.3. The van der Waals surface area contributed by atoms with Crippen molar-refractivity contribution in [2.45, 2.75) is 26.3 Å². The van der Waals surface area contributed by atoms with E-state index in [9.17, 15) is 13.2 Å². The molecule has 6 nitrogen and oxygen atoms in total. The molecule has 0 aliphatic rings. The maximum atomic E-state index is 12.1. The summed E-state index contributed by atoms with van der Waals surface area (Å²) in [6.07, 6.45) is 3.29. The van der Waals surface area contributed by atoms with Crippen molar-refractivity contribution in [3.05, 3.63) is 52.9 Å². The molecule has 0 radical (unpaired) electrons. The van der Waals surface area contributed by atoms with Crippen LogP contribution in [-0.2, 0) is 21.4 Å². The summed E-state index contributed by atoms with van der Waals surface area (Å²) in [5.41, 5.74) is 1.22. The van der Waals surface area contributed by atoms with Crippen molar-refractivity contribution < 1.29 is 17.6 Å². The Morgan fingerprint density at radius 1 is 1.28 bits per heavy atom. The Labute approximate surface area is 152 Å². The van der Waals surface area contributed by atoms with Gasteiger partial charge in [-0.2, -0.15) is 0 Å². The van der Waals surface area contributed by atoms with Gasteiger partial charge in [-0.3, -0.25) is 9.10 Å². The maximum absolute atomic E-state index is 12.1. The van der Waals surface area contributed by atoms with Crippen molar-refractivity contribution in [1.29, 1.82) is 0 Å². The van der Waals surface area contributed by atoms with Gasteiger partial charge in [0.15, 0.2) is 0 Å². The largest absolute Gasteiger partial charge is 0.467 e. The molecule has 1 amide bonds. The molecule has 8 heteroatoms. The monoisotopic (exact) mass is 384 g/mol. The number of carbonyl (C=O) groups excluding carboxylic acids is 1. The minimum absolute atomic E-state index is 0.160. The maximum Gasteiger partial charge on any atom is 0.232 e. The van der Waals surface area contributed by atoms with E-state index in [1.54, 1.807) is 43.5 Å². The van der Waals surface area contributed by atoms with E-state index in [-0.39, 0.29) is 18.9 Å². The third-order valence-corrected chi connectivity index (χ3v) is 5.30. The number of anilines is 1. The minimum atomic E-state index is -3.47. The fourth-order valence-electron chi connectivity index (χ4n) is 2.40. The van der Waals surface area contributed by atoms with E-state index in [1.807, 2.05) is 0 Å². The topological polar surface area (TPSA) is 79.6 Å². The van der Waals surface area contributed by atoms with Gasteiger partial charge < -0.3 is 9.73 Å². The van der Waals surface area contributed by atoms with Crippen LogP contribution in [0.3, 0.4) is 0 Å². The van der Waals surface area contributed by atoms with E-state index in [4.69, 9.17) is 16.0 Å². The Balaban J connectivity index is 1.95. The predicted molar refractivity (Wildman–Crippen MR) is 98.2 cm³/mol. The fourth-order valence-corrected chi connectivity index (χ4v) is 3.59. The molecule has 2 rings (SSSR count). The molecule has 0 spiro atoms. The van der Waals surface area contributed by atoms with Gasteiger partial charge in [-0.05, 0) is 43.2 Å². The summed E-state index contributed by atoms with van der Waals surface area (Å²) >= 11 is 6.09. The highest BCUT2D eigenvalue weighted by molar-refractivity contribution is 7.92. The highest BCUT2D eigenvalue weighted by atomic mass is 35.5. The lowest BCUT2D eigenvalue weighted by Gasteiger charge is -2.24. The Hall–Kier alpha value is -1.99. The van der Waals surface area contributed by atoms with E-state index < -0.39 is 10.0 Å². The van der Waals surface area contributed by atoms with E-state index in [0.717, 1.165) is 6.26 Å². The van der Waals surface area contributed by atoms with Crippen LogP contribution in [-0.4, -0.2) is 27.1 Å². The summed E-state index contributed by atoms with van der Waals surface area (Å²) in [5, 5.41) is 3.24. The molecule has 0 unspecified atom stereocenters. The van der Waals surface area contributed by atoms with E-state index >= 15 is 0 Å². The molecule has 1 aromatic carbocycles. The van der Waals surface area contributed by atoms with Crippen LogP contribution in [0.15, 0.2) is 41.0 Å². The smallest absolute Gasteiger partial charge is 0.232 e. The molecular formula is C17H21ClN2O4S. The molecule has 0 aliphatic heterocycles. The third-order valence-electron chi connectivity index (χ3n) is 3.71. The first-order chi connectivity index (χ1) is 11.8. The van der Waals surface area contributed by atoms with Crippen LogP contribution in [0.1, 0.15) is 24.2 Å². The van der Waals surface area contributed by atoms with Gasteiger partial charge in [0.1, 0.15) is 5.76 Å². The van der Waals surface area contributed by atoms with Gasteiger partial charge in [0.2, 0.25) is 15.9 Å². The van der Waals surface area contributed by atoms with Crippen LogP contribution in [0.25, 0.3) is 0 Å². The van der Waals surface area contributed by atoms with Gasteiger partial charge in [0, 0.05) is 18.0 Å². The zero-order valence-corrected chi connectivity index (χ0v) is 15.7. The van der Waals surface area contributed by atoms with Gasteiger partial charge in [-0.15, -0.1) is 0 Å². The zero-order valence-electron chi connectivity index (χ0n) is 14.2. The second-order valence-corrected chi connectivity index (χ2v) is 7.99. The van der Waals surface area contributed by atoms with Crippen LogP contribution in [0.5, 0.6) is 0 Å². The lowest BCUT2D eigenvalue weighted by molar-refractivity contribution is -0.121. The van der Waals surface area contributed by atoms with E-state index in [0.29, 0.717) is 35.0 Å². The molecule has 136 valence electrons. The van der Waals surface area contributed by atoms with Crippen LogP contribution in [0, 0.1) is 6.92 Å². The lowest BCUT2D eigenvalue weighted by Crippen LogP contribution is -2.32. The summed E-state index contributed by atoms with van der Waals surface area (Å²) in [6, 6.07) is 8.65. The van der Waals surface area contributed by atoms with Crippen molar-refractivity contribution >= 4 is 33.2 Å². The molecule has 1 aromatic heterocycles. The first-order valence-electron chi connectivity index (χ1n) is 7.81. The number of rotatable bonds is 8. The number of sulfonamides is 1. The first kappa shape index (κ1) is 19.3. The summed E-state index contributed by atoms with van der Waals surface area (Å²) in [6.45, 7) is 2.29. The molecule has 0 bridgehead atoms. The highest BCUT2D eigenvalue weighted by Gasteiger charge is 2.20. The standard InChI is InChI=1S/C17H21ClN2O4S/c1-13-15(18)7-3-8-16(13)20(25(2,22)23)10-4-9-17(21)19-12-14-6-5-11-24-14/h3,5-8,11H,4,9-10,12H2,1-2H3,(H,19,21). The molecular weight excluding hydrogens is 364 g/mol. The van der Waals surface area contributed by atoms with Crippen molar-refractivity contribution in [2.75, 3.05) is 17.1 Å². The first-order valence-corrected chi connectivity index (χ1v) is 10.0. The minimum Gasteiger partial charge on any atom is -0.467 e. The molecule has 0 atom stereocenters. The number of carbonyl (C=O) groups is 1. The highest BCUT2D eigenvalue weighted by Crippen LogP contribution is 2.28. The number of hydrogen-bond acceptors (Lipinski definition) is 4. The molecule has 25 heavy (non-hydrogen) atoms. The Bertz CT molecular complexity index is 819. The second-order valence-electron chi connectivity index (χ2n) is 5.68.